The van der Waals surface area contributed by atoms with Gasteiger partial charge in [0.2, 0.25) is 10.0 Å². The van der Waals surface area contributed by atoms with E-state index in [1.54, 1.807) is 4.90 Å². The number of phenols is 1. The minimum Gasteiger partial charge on any atom is -0.506 e. The van der Waals surface area contributed by atoms with Gasteiger partial charge < -0.3 is 20.3 Å². The second-order valence-corrected chi connectivity index (χ2v) is 10.9. The molecule has 186 valence electrons. The fourth-order valence-electron chi connectivity index (χ4n) is 3.88. The van der Waals surface area contributed by atoms with Gasteiger partial charge in [-0.1, -0.05) is 31.2 Å². The molecule has 0 aromatic heterocycles. The molecule has 0 radical (unpaired) electrons. The zero-order chi connectivity index (χ0) is 25.1. The summed E-state index contributed by atoms with van der Waals surface area (Å²) in [6, 6.07) is 12.0. The number of hydrogen-bond donors (Lipinski definition) is 4. The first-order chi connectivity index (χ1) is 15.9. The van der Waals surface area contributed by atoms with Gasteiger partial charge in [0.15, 0.2) is 0 Å². The first-order valence-corrected chi connectivity index (χ1v) is 13.1. The first-order valence-electron chi connectivity index (χ1n) is 11.2. The van der Waals surface area contributed by atoms with Crippen LogP contribution in [-0.2, 0) is 14.8 Å². The third-order valence-corrected chi connectivity index (χ3v) is 6.43. The van der Waals surface area contributed by atoms with Crippen molar-refractivity contribution < 1.29 is 28.2 Å². The van der Waals surface area contributed by atoms with Crippen LogP contribution in [0.25, 0.3) is 0 Å². The van der Waals surface area contributed by atoms with Crippen molar-refractivity contribution in [3.8, 4) is 5.75 Å². The van der Waals surface area contributed by atoms with E-state index >= 15 is 0 Å². The average molecular weight is 492 g/mol. The van der Waals surface area contributed by atoms with Crippen LogP contribution < -0.4 is 14.9 Å². The van der Waals surface area contributed by atoms with Gasteiger partial charge in [-0.15, -0.1) is 0 Å². The van der Waals surface area contributed by atoms with E-state index in [2.05, 4.69) is 10.0 Å². The Hall–Kier alpha value is -2.82. The number of sulfonamides is 1. The standard InChI is InChI=1S/C24H33N3O6S/c1-5-22-17-8-6-7-9-19(17)27(23(30)33-22)13-12-24(2,3)25-15-21(29)16-10-11-20(28)18(14-16)26-34(4,31)32/h6-11,14,21-22,25-26,28-29H,5,12-13,15H2,1-4H3. The van der Waals surface area contributed by atoms with Crippen LogP contribution in [0.5, 0.6) is 5.75 Å². The normalized spacial score (nSPS) is 17.1. The van der Waals surface area contributed by atoms with Crippen molar-refractivity contribution in [3.05, 3.63) is 53.6 Å². The monoisotopic (exact) mass is 491 g/mol. The van der Waals surface area contributed by atoms with Gasteiger partial charge in [-0.05, 0) is 50.5 Å². The Kier molecular flexibility index (Phi) is 7.74. The molecule has 1 aliphatic heterocycles. The van der Waals surface area contributed by atoms with Crippen LogP contribution in [0.3, 0.4) is 0 Å². The molecule has 9 nitrogen and oxygen atoms in total. The molecule has 34 heavy (non-hydrogen) atoms. The van der Waals surface area contributed by atoms with Gasteiger partial charge in [-0.25, -0.2) is 13.2 Å². The number of aromatic hydroxyl groups is 1. The minimum atomic E-state index is -3.58. The zero-order valence-corrected chi connectivity index (χ0v) is 20.7. The third-order valence-electron chi connectivity index (χ3n) is 5.84. The van der Waals surface area contributed by atoms with Gasteiger partial charge in [0.25, 0.3) is 0 Å². The number of para-hydroxylation sites is 1. The molecule has 10 heteroatoms. The highest BCUT2D eigenvalue weighted by Crippen LogP contribution is 2.36. The van der Waals surface area contributed by atoms with Crippen LogP contribution in [0.4, 0.5) is 16.2 Å². The van der Waals surface area contributed by atoms with E-state index in [-0.39, 0.29) is 30.2 Å². The number of ether oxygens (including phenoxy) is 1. The van der Waals surface area contributed by atoms with E-state index in [9.17, 15) is 23.4 Å². The lowest BCUT2D eigenvalue weighted by Gasteiger charge is -2.36. The van der Waals surface area contributed by atoms with E-state index < -0.39 is 21.7 Å². The van der Waals surface area contributed by atoms with Gasteiger partial charge in [-0.2, -0.15) is 0 Å². The van der Waals surface area contributed by atoms with E-state index in [4.69, 9.17) is 4.74 Å². The van der Waals surface area contributed by atoms with Crippen LogP contribution in [0.2, 0.25) is 0 Å². The number of nitrogens with one attached hydrogen (secondary N) is 2. The Balaban J connectivity index is 1.63. The number of phenolic OH excluding ortho intramolecular Hbond substituents is 1. The van der Waals surface area contributed by atoms with Crippen molar-refractivity contribution in [2.24, 2.45) is 0 Å². The fourth-order valence-corrected chi connectivity index (χ4v) is 4.44. The number of aliphatic hydroxyl groups excluding tert-OH is 1. The second kappa shape index (κ2) is 10.2. The molecular weight excluding hydrogens is 458 g/mol. The minimum absolute atomic E-state index is 0.00553. The fraction of sp³-hybridized carbons (Fsp3) is 0.458. The maximum atomic E-state index is 12.6. The molecule has 2 unspecified atom stereocenters. The average Bonchev–Trinajstić information content (AvgIpc) is 2.77. The van der Waals surface area contributed by atoms with E-state index in [0.29, 0.717) is 24.9 Å². The number of fused-ring (bicyclic) bond motifs is 1. The zero-order valence-electron chi connectivity index (χ0n) is 19.9. The number of anilines is 2. The summed E-state index contributed by atoms with van der Waals surface area (Å²) in [4.78, 5) is 14.3. The molecule has 0 fully saturated rings. The summed E-state index contributed by atoms with van der Waals surface area (Å²) in [7, 11) is -3.58. The molecule has 3 rings (SSSR count). The van der Waals surface area contributed by atoms with E-state index in [1.807, 2.05) is 45.0 Å². The Morgan fingerprint density at radius 3 is 2.59 bits per heavy atom. The maximum Gasteiger partial charge on any atom is 0.414 e. The van der Waals surface area contributed by atoms with Gasteiger partial charge in [0.1, 0.15) is 11.9 Å². The molecule has 0 spiro atoms. The second-order valence-electron chi connectivity index (χ2n) is 9.17. The molecule has 2 atom stereocenters. The Labute approximate surface area is 200 Å². The number of carbonyl (C=O) groups excluding carboxylic acids is 1. The molecule has 0 aliphatic carbocycles. The summed E-state index contributed by atoms with van der Waals surface area (Å²) in [6.45, 7) is 6.56. The third kappa shape index (κ3) is 6.40. The number of benzene rings is 2. The van der Waals surface area contributed by atoms with Crippen molar-refractivity contribution in [3.63, 3.8) is 0 Å². The Bertz CT molecular complexity index is 1140. The van der Waals surface area contributed by atoms with E-state index in [1.165, 1.54) is 18.2 Å². The summed E-state index contributed by atoms with van der Waals surface area (Å²) in [6.07, 6.45) is 0.741. The van der Waals surface area contributed by atoms with Crippen molar-refractivity contribution in [1.29, 1.82) is 0 Å². The number of nitrogens with zero attached hydrogens (tertiary/aromatic N) is 1. The number of β-amino-alcohol motifs (C(OH)–C–C–N with tert-alkyl or cyclic N) is 1. The van der Waals surface area contributed by atoms with Gasteiger partial charge in [0, 0.05) is 24.2 Å². The predicted octanol–water partition coefficient (Wildman–Crippen LogP) is 3.66. The molecule has 0 saturated heterocycles. The predicted molar refractivity (Wildman–Crippen MR) is 132 cm³/mol. The molecule has 1 aliphatic rings. The first kappa shape index (κ1) is 25.8. The van der Waals surface area contributed by atoms with Crippen LogP contribution in [0.15, 0.2) is 42.5 Å². The van der Waals surface area contributed by atoms with Gasteiger partial charge in [-0.3, -0.25) is 9.62 Å². The van der Waals surface area contributed by atoms with Crippen LogP contribution in [-0.4, -0.2) is 49.6 Å². The van der Waals surface area contributed by atoms with Crippen molar-refractivity contribution in [2.45, 2.75) is 51.4 Å². The summed E-state index contributed by atoms with van der Waals surface area (Å²) in [5, 5.41) is 23.8. The molecule has 2 aromatic carbocycles. The van der Waals surface area contributed by atoms with Gasteiger partial charge in [0.05, 0.1) is 23.7 Å². The highest BCUT2D eigenvalue weighted by atomic mass is 32.2. The number of aliphatic hydroxyl groups is 1. The maximum absolute atomic E-state index is 12.6. The summed E-state index contributed by atoms with van der Waals surface area (Å²) in [5.74, 6) is -0.228. The molecule has 2 aromatic rings. The van der Waals surface area contributed by atoms with E-state index in [0.717, 1.165) is 17.5 Å². The highest BCUT2D eigenvalue weighted by Gasteiger charge is 2.32. The lowest BCUT2D eigenvalue weighted by atomic mass is 9.97. The molecule has 1 amide bonds. The number of carbonyl (C=O) groups is 1. The van der Waals surface area contributed by atoms with Crippen molar-refractivity contribution in [1.82, 2.24) is 5.32 Å². The molecule has 0 saturated carbocycles. The number of cyclic esters (lactones) is 1. The highest BCUT2D eigenvalue weighted by molar-refractivity contribution is 7.92. The lowest BCUT2D eigenvalue weighted by Crippen LogP contribution is -2.46. The van der Waals surface area contributed by atoms with Crippen LogP contribution >= 0.6 is 0 Å². The SMILES string of the molecule is CCC1OC(=O)N(CCC(C)(C)NCC(O)c2ccc(O)c(NS(C)(=O)=O)c2)c2ccccc21. The molecule has 0 bridgehead atoms. The lowest BCUT2D eigenvalue weighted by molar-refractivity contribution is 0.0946. The summed E-state index contributed by atoms with van der Waals surface area (Å²) < 4.78 is 30.8. The van der Waals surface area contributed by atoms with Crippen molar-refractivity contribution in [2.75, 3.05) is 29.0 Å². The quantitative estimate of drug-likeness (QED) is 0.373. The molecule has 1 heterocycles. The van der Waals surface area contributed by atoms with Crippen LogP contribution in [0.1, 0.15) is 56.9 Å². The van der Waals surface area contributed by atoms with Gasteiger partial charge >= 0.3 is 6.09 Å². The molecular formula is C24H33N3O6S. The van der Waals surface area contributed by atoms with Crippen LogP contribution in [0, 0.1) is 0 Å². The topological polar surface area (TPSA) is 128 Å². The largest absolute Gasteiger partial charge is 0.506 e. The van der Waals surface area contributed by atoms with Crippen molar-refractivity contribution >= 4 is 27.5 Å². The number of rotatable bonds is 10. The smallest absolute Gasteiger partial charge is 0.414 e. The Morgan fingerprint density at radius 2 is 1.91 bits per heavy atom. The summed E-state index contributed by atoms with van der Waals surface area (Å²) in [5.41, 5.74) is 1.88. The number of amides is 1. The number of hydrogen-bond acceptors (Lipinski definition) is 7. The summed E-state index contributed by atoms with van der Waals surface area (Å²) >= 11 is 0. The Morgan fingerprint density at radius 1 is 1.21 bits per heavy atom. The molecule has 4 N–H and O–H groups in total.